The second-order valence-corrected chi connectivity index (χ2v) is 0. The summed E-state index contributed by atoms with van der Waals surface area (Å²) in [5, 5.41) is 0. The van der Waals surface area contributed by atoms with Crippen LogP contribution >= 0.6 is 0 Å². The Kier molecular flexibility index (Phi) is 844. The van der Waals surface area contributed by atoms with Crippen LogP contribution in [0, 0.1) is 0 Å². The van der Waals surface area contributed by atoms with Gasteiger partial charge in [-0.2, -0.15) is 0 Å². The smallest absolute Gasteiger partial charge is 2.00 e. The molecular weight excluding hydrogens is 171 g/mol. The molecule has 0 fully saturated rings. The quantitative estimate of drug-likeness (QED) is 0.413. The molecule has 0 radical (unpaired) electrons. The van der Waals surface area contributed by atoms with Gasteiger partial charge in [-0.3, -0.25) is 0 Å². The Morgan fingerprint density at radius 2 is 0.667 bits per heavy atom. The molecule has 6 heavy (non-hydrogen) atoms. The maximum Gasteiger partial charge on any atom is 3.00 e. The first-order valence-corrected chi connectivity index (χ1v) is 0. The van der Waals surface area contributed by atoms with Crippen molar-refractivity contribution in [1.82, 2.24) is 0 Å². The topological polar surface area (TPSA) is 85.5 Å². The van der Waals surface area contributed by atoms with Crippen LogP contribution in [-0.2, 0) is 33.5 Å². The third kappa shape index (κ3) is 34.7. The minimum Gasteiger partial charge on any atom is -2.00 e. The van der Waals surface area contributed by atoms with Crippen LogP contribution in [0.4, 0.5) is 0 Å². The summed E-state index contributed by atoms with van der Waals surface area (Å²) in [6.07, 6.45) is 0. The first-order chi connectivity index (χ1) is 0. The van der Waals surface area contributed by atoms with Crippen molar-refractivity contribution in [2.24, 2.45) is 0 Å². The molecule has 0 aliphatic carbocycles. The van der Waals surface area contributed by atoms with E-state index in [-0.39, 0.29) is 88.6 Å². The number of rotatable bonds is 0. The second-order valence-electron chi connectivity index (χ2n) is 0. The van der Waals surface area contributed by atoms with Gasteiger partial charge in [0, 0.05) is 0 Å². The molecule has 0 aliphatic rings. The van der Waals surface area contributed by atoms with Crippen LogP contribution in [0.15, 0.2) is 0 Å². The Morgan fingerprint density at radius 1 is 0.667 bits per heavy atom. The SMILES string of the molecule is [Al+3].[Ca+2].[Fe+2].[O-2].[O-2].[O-2]. The molecule has 0 N–H and O–H groups in total. The molecule has 30 valence electrons. The predicted molar refractivity (Wildman–Crippen MR) is 13.6 cm³/mol. The summed E-state index contributed by atoms with van der Waals surface area (Å²) in [6, 6.07) is 0. The molecule has 0 aromatic heterocycles. The van der Waals surface area contributed by atoms with Crippen molar-refractivity contribution in [2.45, 2.75) is 0 Å². The Hall–Kier alpha value is 2.19. The summed E-state index contributed by atoms with van der Waals surface area (Å²) in [6.45, 7) is 0. The van der Waals surface area contributed by atoms with Crippen LogP contribution in [0.2, 0.25) is 0 Å². The van der Waals surface area contributed by atoms with E-state index in [0.717, 1.165) is 0 Å². The fourth-order valence-corrected chi connectivity index (χ4v) is 0. The van der Waals surface area contributed by atoms with Gasteiger partial charge in [0.1, 0.15) is 0 Å². The third-order valence-corrected chi connectivity index (χ3v) is 0. The van der Waals surface area contributed by atoms with E-state index < -0.39 is 0 Å². The van der Waals surface area contributed by atoms with E-state index in [1.165, 1.54) is 0 Å². The van der Waals surface area contributed by atoms with Gasteiger partial charge >= 0.3 is 72.2 Å². The van der Waals surface area contributed by atoms with Crippen molar-refractivity contribution in [2.75, 3.05) is 0 Å². The molecule has 0 saturated heterocycles. The fourth-order valence-electron chi connectivity index (χ4n) is 0. The van der Waals surface area contributed by atoms with Crippen LogP contribution in [0.1, 0.15) is 0 Å². The molecule has 6 heteroatoms. The average molecular weight is 171 g/mol. The number of hydrogen-bond donors (Lipinski definition) is 0. The van der Waals surface area contributed by atoms with Crippen LogP contribution in [0.25, 0.3) is 0 Å². The molecule has 0 rings (SSSR count). The van der Waals surface area contributed by atoms with Gasteiger partial charge in [-0.1, -0.05) is 0 Å². The second kappa shape index (κ2) is 57.4. The molecule has 0 amide bonds. The standard InChI is InChI=1S/Al.Ca.Fe.3O/q+3;2*+2;3*-2. The van der Waals surface area contributed by atoms with Crippen molar-refractivity contribution in [1.29, 1.82) is 0 Å². The third-order valence-electron chi connectivity index (χ3n) is 0. The van der Waals surface area contributed by atoms with Gasteiger partial charge in [0.2, 0.25) is 0 Å². The van der Waals surface area contributed by atoms with Gasteiger partial charge in [-0.05, 0) is 0 Å². The molecule has 0 saturated carbocycles. The van der Waals surface area contributed by atoms with Gasteiger partial charge in [-0.25, -0.2) is 0 Å². The van der Waals surface area contributed by atoms with Crippen molar-refractivity contribution in [3.63, 3.8) is 0 Å². The van der Waals surface area contributed by atoms with E-state index >= 15 is 0 Å². The van der Waals surface area contributed by atoms with Crippen LogP contribution in [-0.4, -0.2) is 55.1 Å². The van der Waals surface area contributed by atoms with E-state index in [1.807, 2.05) is 0 Å². The average Bonchev–Trinajstić information content (AvgIpc) is 0. The van der Waals surface area contributed by atoms with E-state index in [4.69, 9.17) is 0 Å². The van der Waals surface area contributed by atoms with Gasteiger partial charge in [0.05, 0.1) is 0 Å². The molecule has 0 spiro atoms. The Balaban J connectivity index is 0. The summed E-state index contributed by atoms with van der Waals surface area (Å²) in [5.74, 6) is 0. The normalized spacial score (nSPS) is 0. The zero-order chi connectivity index (χ0) is 0. The minimum atomic E-state index is 0. The first kappa shape index (κ1) is 88.2. The fraction of sp³-hybridized carbons (Fsp3) is 0. The summed E-state index contributed by atoms with van der Waals surface area (Å²) >= 11 is 0. The van der Waals surface area contributed by atoms with Gasteiger partial charge in [0.15, 0.2) is 0 Å². The first-order valence-electron chi connectivity index (χ1n) is 0. The summed E-state index contributed by atoms with van der Waals surface area (Å²) in [5.41, 5.74) is 0. The molecule has 3 nitrogen and oxygen atoms in total. The zero-order valence-corrected chi connectivity index (χ0v) is 7.33. The minimum absolute atomic E-state index is 0. The Labute approximate surface area is 87.4 Å². The van der Waals surface area contributed by atoms with Crippen LogP contribution in [0.5, 0.6) is 0 Å². The van der Waals surface area contributed by atoms with Gasteiger partial charge in [0.25, 0.3) is 0 Å². The summed E-state index contributed by atoms with van der Waals surface area (Å²) in [7, 11) is 0. The molecule has 0 unspecified atom stereocenters. The van der Waals surface area contributed by atoms with Crippen molar-refractivity contribution < 1.29 is 33.5 Å². The Bertz CT molecular complexity index is 10.8. The molecular formula is AlCaFeO3+. The largest absolute Gasteiger partial charge is 3.00 e. The molecule has 0 atom stereocenters. The van der Waals surface area contributed by atoms with Crippen LogP contribution < -0.4 is 0 Å². The van der Waals surface area contributed by atoms with Gasteiger partial charge in [-0.15, -0.1) is 0 Å². The molecule has 0 aromatic carbocycles. The maximum atomic E-state index is 0. The van der Waals surface area contributed by atoms with E-state index in [2.05, 4.69) is 0 Å². The molecule has 0 heterocycles. The van der Waals surface area contributed by atoms with Crippen molar-refractivity contribution in [3.8, 4) is 0 Å². The molecule has 0 bridgehead atoms. The summed E-state index contributed by atoms with van der Waals surface area (Å²) < 4.78 is 0. The Morgan fingerprint density at radius 3 is 0.667 bits per heavy atom. The zero-order valence-electron chi connectivity index (χ0n) is 2.86. The van der Waals surface area contributed by atoms with Crippen molar-refractivity contribution >= 4 is 55.1 Å². The van der Waals surface area contributed by atoms with E-state index in [9.17, 15) is 0 Å². The molecule has 0 aliphatic heterocycles. The predicted octanol–water partition coefficient (Wildman–Crippen LogP) is -1.12. The molecule has 0 aromatic rings. The monoisotopic (exact) mass is 171 g/mol. The van der Waals surface area contributed by atoms with Crippen molar-refractivity contribution in [3.05, 3.63) is 0 Å². The van der Waals surface area contributed by atoms with E-state index in [1.54, 1.807) is 0 Å². The summed E-state index contributed by atoms with van der Waals surface area (Å²) in [4.78, 5) is 0. The van der Waals surface area contributed by atoms with Crippen LogP contribution in [0.3, 0.4) is 0 Å². The van der Waals surface area contributed by atoms with E-state index in [0.29, 0.717) is 0 Å². The van der Waals surface area contributed by atoms with Gasteiger partial charge < -0.3 is 16.4 Å². The maximum absolute atomic E-state index is 0. The number of hydrogen-bond acceptors (Lipinski definition) is 0.